The Bertz CT molecular complexity index is 931. The Kier molecular flexibility index (Phi) is 7.20. The number of likely N-dealkylation sites (N-methyl/N-ethyl adjacent to an activating group) is 1. The summed E-state index contributed by atoms with van der Waals surface area (Å²) in [7, 11) is -2.37. The molecule has 0 saturated carbocycles. The third kappa shape index (κ3) is 6.58. The molecule has 2 rings (SSSR count). The van der Waals surface area contributed by atoms with Crippen molar-refractivity contribution in [2.24, 2.45) is 0 Å². The Balaban J connectivity index is 2.00. The summed E-state index contributed by atoms with van der Waals surface area (Å²) >= 11 is 0.946. The highest BCUT2D eigenvalue weighted by Crippen LogP contribution is 2.31. The monoisotopic (exact) mass is 440 g/mol. The van der Waals surface area contributed by atoms with Crippen molar-refractivity contribution in [3.05, 3.63) is 18.2 Å². The number of benzene rings is 1. The fourth-order valence-electron chi connectivity index (χ4n) is 2.10. The van der Waals surface area contributed by atoms with Crippen molar-refractivity contribution in [2.45, 2.75) is 19.7 Å². The summed E-state index contributed by atoms with van der Waals surface area (Å²) in [5.41, 5.74) is 0.375. The number of ether oxygens (including phenoxy) is 1. The highest BCUT2D eigenvalue weighted by molar-refractivity contribution is 7.89. The highest BCUT2D eigenvalue weighted by Gasteiger charge is 2.31. The van der Waals surface area contributed by atoms with Crippen LogP contribution in [0, 0.1) is 0 Å². The van der Waals surface area contributed by atoms with Gasteiger partial charge in [0.2, 0.25) is 15.9 Å². The number of hydrogen-bond donors (Lipinski definition) is 2. The van der Waals surface area contributed by atoms with Gasteiger partial charge in [0.05, 0.1) is 16.8 Å². The van der Waals surface area contributed by atoms with Crippen molar-refractivity contribution in [2.75, 3.05) is 31.3 Å². The number of nitrogens with zero attached hydrogens (tertiary/aromatic N) is 2. The Morgan fingerprint density at radius 2 is 2.07 bits per heavy atom. The molecular weight excluding hydrogens is 421 g/mol. The summed E-state index contributed by atoms with van der Waals surface area (Å²) < 4.78 is 66.1. The number of carbonyl (C=O) groups is 1. The molecule has 156 valence electrons. The molecule has 0 atom stereocenters. The maximum absolute atomic E-state index is 12.3. The van der Waals surface area contributed by atoms with Crippen LogP contribution in [-0.4, -0.2) is 56.0 Å². The lowest BCUT2D eigenvalue weighted by molar-refractivity contribution is -0.274. The van der Waals surface area contributed by atoms with E-state index in [2.05, 4.69) is 20.4 Å². The smallest absolute Gasteiger partial charge is 0.406 e. The van der Waals surface area contributed by atoms with Crippen LogP contribution in [0.25, 0.3) is 10.2 Å². The Hall–Kier alpha value is -1.96. The first-order chi connectivity index (χ1) is 13.0. The molecule has 0 aliphatic carbocycles. The molecule has 0 bridgehead atoms. The number of hydrogen-bond acceptors (Lipinski definition) is 7. The van der Waals surface area contributed by atoms with Crippen molar-refractivity contribution in [1.82, 2.24) is 14.6 Å². The average molecular weight is 440 g/mol. The molecule has 1 aromatic heterocycles. The first kappa shape index (κ1) is 22.3. The first-order valence-electron chi connectivity index (χ1n) is 8.11. The van der Waals surface area contributed by atoms with Gasteiger partial charge in [-0.15, -0.1) is 13.2 Å². The van der Waals surface area contributed by atoms with Crippen LogP contribution in [0.4, 0.5) is 18.3 Å². The number of amides is 1. The Morgan fingerprint density at radius 3 is 2.71 bits per heavy atom. The fraction of sp³-hybridized carbons (Fsp3) is 0.467. The van der Waals surface area contributed by atoms with Gasteiger partial charge in [0.15, 0.2) is 5.13 Å². The Labute approximate surface area is 163 Å². The largest absolute Gasteiger partial charge is 0.573 e. The van der Waals surface area contributed by atoms with Crippen LogP contribution in [0.1, 0.15) is 13.3 Å². The van der Waals surface area contributed by atoms with Gasteiger partial charge in [-0.05, 0) is 25.1 Å². The van der Waals surface area contributed by atoms with Gasteiger partial charge in [-0.1, -0.05) is 18.3 Å². The van der Waals surface area contributed by atoms with Crippen LogP contribution in [0.2, 0.25) is 0 Å². The quantitative estimate of drug-likeness (QED) is 0.581. The van der Waals surface area contributed by atoms with Crippen LogP contribution >= 0.6 is 11.3 Å². The summed E-state index contributed by atoms with van der Waals surface area (Å²) in [5, 5.41) is 5.34. The summed E-state index contributed by atoms with van der Waals surface area (Å²) in [4.78, 5) is 16.2. The number of carbonyl (C=O) groups excluding carboxylic acids is 1. The zero-order chi connectivity index (χ0) is 20.9. The zero-order valence-electron chi connectivity index (χ0n) is 15.0. The third-order valence-corrected chi connectivity index (χ3v) is 5.97. The van der Waals surface area contributed by atoms with Gasteiger partial charge < -0.3 is 15.4 Å². The molecule has 0 radical (unpaired) electrons. The van der Waals surface area contributed by atoms with Crippen LogP contribution in [0.15, 0.2) is 18.2 Å². The molecule has 8 nitrogen and oxygen atoms in total. The standard InChI is InChI=1S/C15H19F3N4O4S2/c1-3-6-19-9-28(24,25)22(2)8-13(23)21-14-20-11-5-4-10(7-12(11)27-14)26-15(16,17)18/h4-5,7,19H,3,6,8-9H2,1-2H3,(H,20,21,23). The van der Waals surface area contributed by atoms with E-state index in [-0.39, 0.29) is 11.0 Å². The predicted octanol–water partition coefficient (Wildman–Crippen LogP) is 2.35. The molecule has 28 heavy (non-hydrogen) atoms. The minimum atomic E-state index is -4.81. The van der Waals surface area contributed by atoms with Gasteiger partial charge in [-0.3, -0.25) is 4.79 Å². The molecule has 1 amide bonds. The number of fused-ring (bicyclic) bond motifs is 1. The van der Waals surface area contributed by atoms with E-state index in [1.54, 1.807) is 0 Å². The van der Waals surface area contributed by atoms with E-state index < -0.39 is 34.6 Å². The molecule has 0 fully saturated rings. The lowest BCUT2D eigenvalue weighted by atomic mass is 10.3. The van der Waals surface area contributed by atoms with E-state index in [0.717, 1.165) is 34.2 Å². The number of halogens is 3. The van der Waals surface area contributed by atoms with Crippen LogP contribution in [0.3, 0.4) is 0 Å². The second-order valence-electron chi connectivity index (χ2n) is 5.76. The number of alkyl halides is 3. The summed E-state index contributed by atoms with van der Waals surface area (Å²) in [5.74, 6) is -1.30. The van der Waals surface area contributed by atoms with Crippen LogP contribution < -0.4 is 15.4 Å². The van der Waals surface area contributed by atoms with Crippen molar-refractivity contribution in [3.8, 4) is 5.75 Å². The second kappa shape index (κ2) is 9.03. The molecule has 0 aliphatic heterocycles. The average Bonchev–Trinajstić information content (AvgIpc) is 2.94. The van der Waals surface area contributed by atoms with Crippen molar-refractivity contribution >= 4 is 42.6 Å². The molecule has 1 aromatic carbocycles. The highest BCUT2D eigenvalue weighted by atomic mass is 32.2. The molecule has 2 aromatic rings. The van der Waals surface area contributed by atoms with E-state index in [4.69, 9.17) is 0 Å². The van der Waals surface area contributed by atoms with Gasteiger partial charge in [-0.25, -0.2) is 13.4 Å². The maximum atomic E-state index is 12.3. The predicted molar refractivity (Wildman–Crippen MR) is 99.6 cm³/mol. The number of aromatic nitrogens is 1. The second-order valence-corrected chi connectivity index (χ2v) is 8.86. The fourth-order valence-corrected chi connectivity index (χ4v) is 3.95. The zero-order valence-corrected chi connectivity index (χ0v) is 16.7. The third-order valence-electron chi connectivity index (χ3n) is 3.39. The molecule has 1 heterocycles. The molecule has 13 heteroatoms. The molecular formula is C15H19F3N4O4S2. The number of thiazole rings is 1. The molecule has 2 N–H and O–H groups in total. The lowest BCUT2D eigenvalue weighted by Gasteiger charge is -2.16. The van der Waals surface area contributed by atoms with Gasteiger partial charge >= 0.3 is 6.36 Å². The molecule has 0 saturated heterocycles. The topological polar surface area (TPSA) is 101 Å². The van der Waals surface area contributed by atoms with Gasteiger partial charge in [0.25, 0.3) is 0 Å². The minimum absolute atomic E-state index is 0.138. The van der Waals surface area contributed by atoms with Crippen LogP contribution in [-0.2, 0) is 14.8 Å². The maximum Gasteiger partial charge on any atom is 0.573 e. The van der Waals surface area contributed by atoms with E-state index in [1.165, 1.54) is 13.1 Å². The van der Waals surface area contributed by atoms with Crippen LogP contribution in [0.5, 0.6) is 5.75 Å². The van der Waals surface area contributed by atoms with E-state index >= 15 is 0 Å². The van der Waals surface area contributed by atoms with Crippen molar-refractivity contribution in [1.29, 1.82) is 0 Å². The van der Waals surface area contributed by atoms with Crippen molar-refractivity contribution in [3.63, 3.8) is 0 Å². The Morgan fingerprint density at radius 1 is 1.36 bits per heavy atom. The van der Waals surface area contributed by atoms with Crippen molar-refractivity contribution < 1.29 is 31.1 Å². The molecule has 0 aliphatic rings. The number of nitrogens with one attached hydrogen (secondary N) is 2. The van der Waals surface area contributed by atoms with Gasteiger partial charge in [-0.2, -0.15) is 4.31 Å². The number of rotatable bonds is 9. The lowest BCUT2D eigenvalue weighted by Crippen LogP contribution is -2.39. The first-order valence-corrected chi connectivity index (χ1v) is 10.5. The van der Waals surface area contributed by atoms with Gasteiger partial charge in [0, 0.05) is 13.1 Å². The van der Waals surface area contributed by atoms with Gasteiger partial charge in [0.1, 0.15) is 11.6 Å². The van der Waals surface area contributed by atoms with E-state index in [9.17, 15) is 26.4 Å². The number of anilines is 1. The minimum Gasteiger partial charge on any atom is -0.406 e. The summed E-state index contributed by atoms with van der Waals surface area (Å²) in [6.45, 7) is 2.01. The molecule has 0 unspecified atom stereocenters. The number of sulfonamides is 1. The molecule has 0 spiro atoms. The normalized spacial score (nSPS) is 12.5. The summed E-state index contributed by atoms with van der Waals surface area (Å²) in [6, 6.07) is 3.61. The van der Waals surface area contributed by atoms with E-state index in [0.29, 0.717) is 16.8 Å². The van der Waals surface area contributed by atoms with E-state index in [1.807, 2.05) is 6.92 Å². The SMILES string of the molecule is CCCNCS(=O)(=O)N(C)CC(=O)Nc1nc2ccc(OC(F)(F)F)cc2s1. The summed E-state index contributed by atoms with van der Waals surface area (Å²) in [6.07, 6.45) is -4.04.